The molecule has 2 heteroatoms. The molecular weight excluding hydrogens is 222 g/mol. The van der Waals surface area contributed by atoms with Crippen LogP contribution in [0.3, 0.4) is 0 Å². The zero-order valence-corrected chi connectivity index (χ0v) is 12.9. The fourth-order valence-corrected chi connectivity index (χ4v) is 3.23. The molecule has 0 aromatic rings. The molecule has 1 N–H and O–H groups in total. The van der Waals surface area contributed by atoms with Gasteiger partial charge in [0, 0.05) is 12.6 Å². The third-order valence-electron chi connectivity index (χ3n) is 4.60. The lowest BCUT2D eigenvalue weighted by atomic mass is 9.85. The summed E-state index contributed by atoms with van der Waals surface area (Å²) in [6.45, 7) is 10.8. The van der Waals surface area contributed by atoms with Gasteiger partial charge in [0.2, 0.25) is 0 Å². The van der Waals surface area contributed by atoms with Crippen molar-refractivity contribution < 1.29 is 4.74 Å². The van der Waals surface area contributed by atoms with Crippen molar-refractivity contribution in [2.75, 3.05) is 13.2 Å². The molecule has 1 rings (SSSR count). The first-order valence-electron chi connectivity index (χ1n) is 8.03. The Kier molecular flexibility index (Phi) is 7.25. The molecule has 108 valence electrons. The van der Waals surface area contributed by atoms with E-state index in [0.29, 0.717) is 6.04 Å². The van der Waals surface area contributed by atoms with E-state index in [-0.39, 0.29) is 5.60 Å². The number of hydrogen-bond donors (Lipinski definition) is 1. The maximum Gasteiger partial charge on any atom is 0.0804 e. The van der Waals surface area contributed by atoms with Gasteiger partial charge in [-0.3, -0.25) is 0 Å². The lowest BCUT2D eigenvalue weighted by Gasteiger charge is -2.39. The first kappa shape index (κ1) is 16.0. The molecule has 18 heavy (non-hydrogen) atoms. The Balaban J connectivity index is 2.61. The van der Waals surface area contributed by atoms with E-state index in [2.05, 4.69) is 33.0 Å². The second-order valence-corrected chi connectivity index (χ2v) is 5.99. The summed E-state index contributed by atoms with van der Waals surface area (Å²) in [4.78, 5) is 0. The molecule has 1 aliphatic rings. The zero-order chi connectivity index (χ0) is 13.4. The van der Waals surface area contributed by atoms with Gasteiger partial charge < -0.3 is 10.1 Å². The van der Waals surface area contributed by atoms with Gasteiger partial charge >= 0.3 is 0 Å². The van der Waals surface area contributed by atoms with Crippen LogP contribution in [-0.2, 0) is 4.74 Å². The molecule has 0 radical (unpaired) electrons. The third-order valence-corrected chi connectivity index (χ3v) is 4.60. The minimum absolute atomic E-state index is 0.00646. The van der Waals surface area contributed by atoms with Crippen molar-refractivity contribution in [2.24, 2.45) is 5.92 Å². The standard InChI is InChI=1S/C16H33NO/c1-5-12-17-15(13-14-10-8-9-11-14)16(4,6-2)18-7-3/h14-15,17H,5-13H2,1-4H3. The Morgan fingerprint density at radius 3 is 2.39 bits per heavy atom. The molecule has 1 aliphatic carbocycles. The summed E-state index contributed by atoms with van der Waals surface area (Å²) in [5, 5.41) is 3.75. The van der Waals surface area contributed by atoms with Gasteiger partial charge in [-0.15, -0.1) is 0 Å². The van der Waals surface area contributed by atoms with Crippen molar-refractivity contribution in [3.63, 3.8) is 0 Å². The van der Waals surface area contributed by atoms with Gasteiger partial charge in [-0.25, -0.2) is 0 Å². The van der Waals surface area contributed by atoms with Crippen LogP contribution < -0.4 is 5.32 Å². The summed E-state index contributed by atoms with van der Waals surface area (Å²) >= 11 is 0. The van der Waals surface area contributed by atoms with Gasteiger partial charge in [0.05, 0.1) is 5.60 Å². The van der Waals surface area contributed by atoms with E-state index in [1.807, 2.05) is 0 Å². The van der Waals surface area contributed by atoms with Gasteiger partial charge in [-0.1, -0.05) is 39.5 Å². The normalized spacial score (nSPS) is 22.0. The van der Waals surface area contributed by atoms with Crippen LogP contribution in [-0.4, -0.2) is 24.8 Å². The van der Waals surface area contributed by atoms with Crippen LogP contribution in [0, 0.1) is 5.92 Å². The Morgan fingerprint density at radius 2 is 1.89 bits per heavy atom. The Hall–Kier alpha value is -0.0800. The van der Waals surface area contributed by atoms with Gasteiger partial charge in [0.25, 0.3) is 0 Å². The quantitative estimate of drug-likeness (QED) is 0.668. The maximum absolute atomic E-state index is 6.09. The first-order valence-corrected chi connectivity index (χ1v) is 8.03. The van der Waals surface area contributed by atoms with Crippen molar-refractivity contribution in [3.8, 4) is 0 Å². The summed E-state index contributed by atoms with van der Waals surface area (Å²) < 4.78 is 6.09. The summed E-state index contributed by atoms with van der Waals surface area (Å²) in [5.41, 5.74) is 0.00646. The van der Waals surface area contributed by atoms with Gasteiger partial charge in [-0.05, 0) is 45.6 Å². The van der Waals surface area contributed by atoms with E-state index in [4.69, 9.17) is 4.74 Å². The largest absolute Gasteiger partial charge is 0.374 e. The lowest BCUT2D eigenvalue weighted by Crippen LogP contribution is -2.51. The molecule has 0 aromatic carbocycles. The topological polar surface area (TPSA) is 21.3 Å². The number of ether oxygens (including phenoxy) is 1. The van der Waals surface area contributed by atoms with Crippen LogP contribution in [0.1, 0.15) is 72.6 Å². The molecule has 0 amide bonds. The molecule has 0 heterocycles. The molecule has 2 atom stereocenters. The van der Waals surface area contributed by atoms with Crippen LogP contribution in [0.15, 0.2) is 0 Å². The van der Waals surface area contributed by atoms with Crippen LogP contribution in [0.2, 0.25) is 0 Å². The van der Waals surface area contributed by atoms with E-state index >= 15 is 0 Å². The Morgan fingerprint density at radius 1 is 1.22 bits per heavy atom. The molecule has 2 nitrogen and oxygen atoms in total. The van der Waals surface area contributed by atoms with Crippen molar-refractivity contribution in [1.82, 2.24) is 5.32 Å². The number of rotatable bonds is 9. The predicted octanol–water partition coefficient (Wildman–Crippen LogP) is 4.14. The molecule has 0 aromatic heterocycles. The fourth-order valence-electron chi connectivity index (χ4n) is 3.23. The summed E-state index contributed by atoms with van der Waals surface area (Å²) in [6, 6.07) is 0.519. The molecule has 0 aliphatic heterocycles. The van der Waals surface area contributed by atoms with Crippen molar-refractivity contribution in [1.29, 1.82) is 0 Å². The molecule has 1 saturated carbocycles. The Bertz CT molecular complexity index is 213. The van der Waals surface area contributed by atoms with Crippen molar-refractivity contribution >= 4 is 0 Å². The molecule has 0 spiro atoms. The SMILES string of the molecule is CCCNC(CC1CCCC1)C(C)(CC)OCC. The van der Waals surface area contributed by atoms with Gasteiger partial charge in [0.15, 0.2) is 0 Å². The molecule has 0 saturated heterocycles. The van der Waals surface area contributed by atoms with Crippen molar-refractivity contribution in [2.45, 2.75) is 84.3 Å². The van der Waals surface area contributed by atoms with E-state index in [1.54, 1.807) is 0 Å². The minimum Gasteiger partial charge on any atom is -0.374 e. The van der Waals surface area contributed by atoms with Crippen molar-refractivity contribution in [3.05, 3.63) is 0 Å². The van der Waals surface area contributed by atoms with Crippen LogP contribution in [0.5, 0.6) is 0 Å². The summed E-state index contributed by atoms with van der Waals surface area (Å²) in [7, 11) is 0. The summed E-state index contributed by atoms with van der Waals surface area (Å²) in [6.07, 6.45) is 9.31. The second-order valence-electron chi connectivity index (χ2n) is 5.99. The smallest absolute Gasteiger partial charge is 0.0804 e. The average Bonchev–Trinajstić information content (AvgIpc) is 2.87. The predicted molar refractivity (Wildman–Crippen MR) is 79.0 cm³/mol. The maximum atomic E-state index is 6.09. The monoisotopic (exact) mass is 255 g/mol. The fraction of sp³-hybridized carbons (Fsp3) is 1.00. The second kappa shape index (κ2) is 8.16. The van der Waals surface area contributed by atoms with Crippen LogP contribution >= 0.6 is 0 Å². The van der Waals surface area contributed by atoms with E-state index in [1.165, 1.54) is 38.5 Å². The zero-order valence-electron chi connectivity index (χ0n) is 12.9. The highest BCUT2D eigenvalue weighted by Crippen LogP contribution is 2.33. The number of nitrogens with one attached hydrogen (secondary N) is 1. The first-order chi connectivity index (χ1) is 8.66. The van der Waals surface area contributed by atoms with Gasteiger partial charge in [0.1, 0.15) is 0 Å². The van der Waals surface area contributed by atoms with Crippen LogP contribution in [0.4, 0.5) is 0 Å². The van der Waals surface area contributed by atoms with Gasteiger partial charge in [-0.2, -0.15) is 0 Å². The van der Waals surface area contributed by atoms with E-state index < -0.39 is 0 Å². The average molecular weight is 255 g/mol. The highest BCUT2D eigenvalue weighted by Gasteiger charge is 2.34. The van der Waals surface area contributed by atoms with E-state index in [9.17, 15) is 0 Å². The van der Waals surface area contributed by atoms with E-state index in [0.717, 1.165) is 25.5 Å². The Labute approximate surface area is 114 Å². The highest BCUT2D eigenvalue weighted by atomic mass is 16.5. The molecular formula is C16H33NO. The summed E-state index contributed by atoms with van der Waals surface area (Å²) in [5.74, 6) is 0.922. The molecule has 2 unspecified atom stereocenters. The minimum atomic E-state index is 0.00646. The highest BCUT2D eigenvalue weighted by molar-refractivity contribution is 4.91. The number of hydrogen-bond acceptors (Lipinski definition) is 2. The van der Waals surface area contributed by atoms with Crippen LogP contribution in [0.25, 0.3) is 0 Å². The molecule has 0 bridgehead atoms. The third kappa shape index (κ3) is 4.55. The lowest BCUT2D eigenvalue weighted by molar-refractivity contribution is -0.0601. The molecule has 1 fully saturated rings.